The number of aliphatic hydroxyl groups excluding tert-OH is 4. The minimum absolute atomic E-state index is 0.548. The second-order valence-electron chi connectivity index (χ2n) is 2.80. The van der Waals surface area contributed by atoms with Crippen molar-refractivity contribution in [3.63, 3.8) is 0 Å². The number of rotatable bonds is 2. The lowest BCUT2D eigenvalue weighted by molar-refractivity contribution is -0.381. The van der Waals surface area contributed by atoms with E-state index in [9.17, 15) is 10.2 Å². The maximum absolute atomic E-state index is 9.22. The summed E-state index contributed by atoms with van der Waals surface area (Å²) in [4.78, 5) is 3.71. The van der Waals surface area contributed by atoms with Gasteiger partial charge in [-0.15, -0.1) is 0 Å². The lowest BCUT2D eigenvalue weighted by atomic mass is 9.99. The molecule has 0 saturated carbocycles. The fourth-order valence-electron chi connectivity index (χ4n) is 1.19. The summed E-state index contributed by atoms with van der Waals surface area (Å²) in [6, 6.07) is 0. The van der Waals surface area contributed by atoms with Crippen LogP contribution < -0.4 is 0 Å². The molecular formula is C6H12O7. The van der Waals surface area contributed by atoms with Crippen molar-refractivity contribution >= 4 is 0 Å². The van der Waals surface area contributed by atoms with Crippen molar-refractivity contribution in [1.82, 2.24) is 0 Å². The van der Waals surface area contributed by atoms with Gasteiger partial charge in [0.05, 0.1) is 6.61 Å². The molecule has 0 aliphatic carbocycles. The zero-order valence-electron chi connectivity index (χ0n) is 6.65. The maximum Gasteiger partial charge on any atom is 0.187 e. The third kappa shape index (κ3) is 1.97. The molecule has 0 amide bonds. The Labute approximate surface area is 73.7 Å². The van der Waals surface area contributed by atoms with Crippen molar-refractivity contribution in [3.8, 4) is 0 Å². The second-order valence-corrected chi connectivity index (χ2v) is 2.80. The predicted molar refractivity (Wildman–Crippen MR) is 37.5 cm³/mol. The van der Waals surface area contributed by atoms with Crippen molar-refractivity contribution < 1.29 is 35.3 Å². The van der Waals surface area contributed by atoms with Gasteiger partial charge >= 0.3 is 0 Å². The Hall–Kier alpha value is -0.280. The van der Waals surface area contributed by atoms with E-state index in [1.165, 1.54) is 0 Å². The molecule has 1 heterocycles. The molecule has 78 valence electrons. The van der Waals surface area contributed by atoms with Crippen LogP contribution in [-0.2, 0) is 9.62 Å². The molecule has 1 saturated heterocycles. The molecule has 0 bridgehead atoms. The van der Waals surface area contributed by atoms with Crippen LogP contribution in [0.15, 0.2) is 0 Å². The van der Waals surface area contributed by atoms with Gasteiger partial charge in [-0.1, -0.05) is 0 Å². The van der Waals surface area contributed by atoms with Gasteiger partial charge in [-0.05, 0) is 0 Å². The van der Waals surface area contributed by atoms with E-state index < -0.39 is 37.3 Å². The summed E-state index contributed by atoms with van der Waals surface area (Å²) in [6.07, 6.45) is -7.02. The van der Waals surface area contributed by atoms with E-state index >= 15 is 0 Å². The average molecular weight is 196 g/mol. The molecule has 1 aliphatic heterocycles. The Kier molecular flexibility index (Phi) is 3.56. The van der Waals surface area contributed by atoms with E-state index in [1.807, 2.05) is 0 Å². The van der Waals surface area contributed by atoms with Gasteiger partial charge in [0.15, 0.2) is 12.4 Å². The SMILES string of the molecule is OC[C@H]1O[C@H](O)[C@H](OO)[C@@H](O)[C@@H]1O. The summed E-state index contributed by atoms with van der Waals surface area (Å²) in [5.74, 6) is 0. The molecule has 7 heteroatoms. The molecule has 1 aliphatic rings. The first kappa shape index (κ1) is 10.8. The minimum Gasteiger partial charge on any atom is -0.394 e. The standard InChI is InChI=1S/C6H12O7/c7-1-2-3(8)4(9)5(13-11)6(10)12-2/h2-11H,1H2/t2-,3-,4+,5-,6+/m1/s1. The molecule has 1 fully saturated rings. The Morgan fingerprint density at radius 1 is 1.15 bits per heavy atom. The average Bonchev–Trinajstić information content (AvgIpc) is 2.12. The third-order valence-electron chi connectivity index (χ3n) is 1.96. The normalized spacial score (nSPS) is 46.4. The van der Waals surface area contributed by atoms with E-state index in [1.54, 1.807) is 0 Å². The molecular weight excluding hydrogens is 184 g/mol. The zero-order valence-corrected chi connectivity index (χ0v) is 6.65. The molecule has 0 spiro atoms. The number of ether oxygens (including phenoxy) is 1. The highest BCUT2D eigenvalue weighted by Crippen LogP contribution is 2.21. The fourth-order valence-corrected chi connectivity index (χ4v) is 1.19. The molecule has 0 unspecified atom stereocenters. The van der Waals surface area contributed by atoms with Gasteiger partial charge in [0.2, 0.25) is 0 Å². The van der Waals surface area contributed by atoms with Gasteiger partial charge in [0.1, 0.15) is 18.3 Å². The zero-order chi connectivity index (χ0) is 10.0. The van der Waals surface area contributed by atoms with Gasteiger partial charge < -0.3 is 25.2 Å². The van der Waals surface area contributed by atoms with Crippen LogP contribution in [0.25, 0.3) is 0 Å². The Bertz CT molecular complexity index is 163. The van der Waals surface area contributed by atoms with Gasteiger partial charge in [-0.2, -0.15) is 0 Å². The first-order chi connectivity index (χ1) is 6.11. The summed E-state index contributed by atoms with van der Waals surface area (Å²) in [7, 11) is 0. The van der Waals surface area contributed by atoms with Crippen LogP contribution in [0.3, 0.4) is 0 Å². The van der Waals surface area contributed by atoms with Crippen LogP contribution in [0.4, 0.5) is 0 Å². The molecule has 0 aromatic rings. The van der Waals surface area contributed by atoms with Gasteiger partial charge in [0, 0.05) is 0 Å². The van der Waals surface area contributed by atoms with E-state index in [2.05, 4.69) is 9.62 Å². The molecule has 7 nitrogen and oxygen atoms in total. The predicted octanol–water partition coefficient (Wildman–Crippen LogP) is -2.72. The highest BCUT2D eigenvalue weighted by Gasteiger charge is 2.44. The van der Waals surface area contributed by atoms with Crippen LogP contribution in [0.1, 0.15) is 0 Å². The lowest BCUT2D eigenvalue weighted by Crippen LogP contribution is -2.59. The smallest absolute Gasteiger partial charge is 0.187 e. The topological polar surface area (TPSA) is 120 Å². The van der Waals surface area contributed by atoms with Crippen LogP contribution in [0.2, 0.25) is 0 Å². The van der Waals surface area contributed by atoms with E-state index in [4.69, 9.17) is 15.5 Å². The summed E-state index contributed by atoms with van der Waals surface area (Å²) >= 11 is 0. The molecule has 0 aromatic carbocycles. The molecule has 0 aromatic heterocycles. The first-order valence-corrected chi connectivity index (χ1v) is 3.72. The van der Waals surface area contributed by atoms with E-state index in [0.717, 1.165) is 0 Å². The largest absolute Gasteiger partial charge is 0.394 e. The van der Waals surface area contributed by atoms with Crippen LogP contribution in [-0.4, -0.2) is 63.0 Å². The van der Waals surface area contributed by atoms with Crippen molar-refractivity contribution in [2.45, 2.75) is 30.7 Å². The third-order valence-corrected chi connectivity index (χ3v) is 1.96. The maximum atomic E-state index is 9.22. The molecule has 13 heavy (non-hydrogen) atoms. The summed E-state index contributed by atoms with van der Waals surface area (Å²) in [5, 5.41) is 44.4. The highest BCUT2D eigenvalue weighted by atomic mass is 17.1. The van der Waals surface area contributed by atoms with Gasteiger partial charge in [-0.25, -0.2) is 4.89 Å². The fraction of sp³-hybridized carbons (Fsp3) is 1.00. The monoisotopic (exact) mass is 196 g/mol. The quantitative estimate of drug-likeness (QED) is 0.240. The molecule has 1 rings (SSSR count). The molecule has 5 atom stereocenters. The van der Waals surface area contributed by atoms with Crippen LogP contribution >= 0.6 is 0 Å². The molecule has 0 radical (unpaired) electrons. The number of hydrogen-bond acceptors (Lipinski definition) is 7. The molecule has 5 N–H and O–H groups in total. The van der Waals surface area contributed by atoms with Crippen molar-refractivity contribution in [2.75, 3.05) is 6.61 Å². The second kappa shape index (κ2) is 4.29. The number of aliphatic hydroxyl groups is 4. The highest BCUT2D eigenvalue weighted by molar-refractivity contribution is 4.88. The van der Waals surface area contributed by atoms with Crippen LogP contribution in [0, 0.1) is 0 Å². The minimum atomic E-state index is -1.58. The Morgan fingerprint density at radius 3 is 2.23 bits per heavy atom. The Morgan fingerprint density at radius 2 is 1.77 bits per heavy atom. The van der Waals surface area contributed by atoms with E-state index in [0.29, 0.717) is 0 Å². The van der Waals surface area contributed by atoms with E-state index in [-0.39, 0.29) is 0 Å². The van der Waals surface area contributed by atoms with Crippen LogP contribution in [0.5, 0.6) is 0 Å². The number of hydrogen-bond donors (Lipinski definition) is 5. The van der Waals surface area contributed by atoms with Gasteiger partial charge in [0.25, 0.3) is 0 Å². The first-order valence-electron chi connectivity index (χ1n) is 3.72. The van der Waals surface area contributed by atoms with Gasteiger partial charge in [-0.3, -0.25) is 5.26 Å². The summed E-state index contributed by atoms with van der Waals surface area (Å²) < 4.78 is 4.63. The van der Waals surface area contributed by atoms with Crippen molar-refractivity contribution in [2.24, 2.45) is 0 Å². The summed E-state index contributed by atoms with van der Waals surface area (Å²) in [6.45, 7) is -0.548. The van der Waals surface area contributed by atoms with Crippen molar-refractivity contribution in [3.05, 3.63) is 0 Å². The summed E-state index contributed by atoms with van der Waals surface area (Å²) in [5.41, 5.74) is 0. The Balaban J connectivity index is 2.66. The van der Waals surface area contributed by atoms with Crippen molar-refractivity contribution in [1.29, 1.82) is 0 Å². The lowest BCUT2D eigenvalue weighted by Gasteiger charge is -2.38.